The van der Waals surface area contributed by atoms with Gasteiger partial charge in [-0.25, -0.2) is 0 Å². The van der Waals surface area contributed by atoms with Crippen LogP contribution in [-0.2, 0) is 13.0 Å². The summed E-state index contributed by atoms with van der Waals surface area (Å²) in [7, 11) is 0. The van der Waals surface area contributed by atoms with Gasteiger partial charge in [0.25, 0.3) is 5.91 Å². The number of carbonyl (C=O) groups excluding carboxylic acids is 1. The van der Waals surface area contributed by atoms with Gasteiger partial charge in [-0.1, -0.05) is 29.8 Å². The second kappa shape index (κ2) is 5.17. The number of nitrogens with zero attached hydrogens (tertiary/aromatic N) is 1. The number of fused-ring (bicyclic) bond motifs is 1. The van der Waals surface area contributed by atoms with Gasteiger partial charge in [-0.05, 0) is 41.8 Å². The van der Waals surface area contributed by atoms with E-state index in [2.05, 4.69) is 0 Å². The highest BCUT2D eigenvalue weighted by Gasteiger charge is 2.24. The highest BCUT2D eigenvalue weighted by molar-refractivity contribution is 6.31. The Bertz CT molecular complexity index is 669. The summed E-state index contributed by atoms with van der Waals surface area (Å²) in [6, 6.07) is 13.1. The summed E-state index contributed by atoms with van der Waals surface area (Å²) in [4.78, 5) is 14.3. The van der Waals surface area contributed by atoms with Crippen LogP contribution in [0.3, 0.4) is 0 Å². The highest BCUT2D eigenvalue weighted by atomic mass is 35.5. The van der Waals surface area contributed by atoms with Gasteiger partial charge in [0.2, 0.25) is 0 Å². The van der Waals surface area contributed by atoms with Crippen LogP contribution in [-0.4, -0.2) is 17.4 Å². The van der Waals surface area contributed by atoms with Crippen molar-refractivity contribution < 1.29 is 4.79 Å². The molecule has 0 radical (unpaired) electrons. The number of nitrogen functional groups attached to an aromatic ring is 1. The smallest absolute Gasteiger partial charge is 0.254 e. The Balaban J connectivity index is 1.86. The molecule has 2 N–H and O–H groups in total. The van der Waals surface area contributed by atoms with Crippen LogP contribution in [0, 0.1) is 0 Å². The summed E-state index contributed by atoms with van der Waals surface area (Å²) in [6.07, 6.45) is 0.877. The molecule has 2 aromatic carbocycles. The van der Waals surface area contributed by atoms with Crippen LogP contribution in [0.4, 0.5) is 5.69 Å². The molecule has 1 amide bonds. The second-order valence-corrected chi connectivity index (χ2v) is 5.39. The molecular formula is C16H15ClN2O. The molecule has 1 aliphatic heterocycles. The molecule has 3 rings (SSSR count). The predicted octanol–water partition coefficient (Wildman–Crippen LogP) is 3.12. The van der Waals surface area contributed by atoms with Crippen LogP contribution >= 0.6 is 11.6 Å². The van der Waals surface area contributed by atoms with Crippen LogP contribution in [0.1, 0.15) is 21.5 Å². The van der Waals surface area contributed by atoms with Crippen LogP contribution < -0.4 is 5.73 Å². The van der Waals surface area contributed by atoms with Crippen LogP contribution in [0.2, 0.25) is 5.02 Å². The molecule has 1 heterocycles. The van der Waals surface area contributed by atoms with E-state index < -0.39 is 0 Å². The van der Waals surface area contributed by atoms with Gasteiger partial charge in [0.15, 0.2) is 0 Å². The average molecular weight is 287 g/mol. The molecular weight excluding hydrogens is 272 g/mol. The number of carbonyl (C=O) groups is 1. The van der Waals surface area contributed by atoms with Crippen LogP contribution in [0.5, 0.6) is 0 Å². The van der Waals surface area contributed by atoms with Crippen molar-refractivity contribution in [1.29, 1.82) is 0 Å². The molecule has 4 heteroatoms. The standard InChI is InChI=1S/C16H15ClN2O/c17-15-6-5-13(18)9-12(15)10-19-8-7-11-3-1-2-4-14(11)16(19)20/h1-6,9H,7-8,10,18H2. The number of anilines is 1. The monoisotopic (exact) mass is 286 g/mol. The van der Waals surface area contributed by atoms with Crippen molar-refractivity contribution in [2.45, 2.75) is 13.0 Å². The number of hydrogen-bond donors (Lipinski definition) is 1. The lowest BCUT2D eigenvalue weighted by Crippen LogP contribution is -2.37. The Morgan fingerprint density at radius 3 is 2.85 bits per heavy atom. The molecule has 0 aliphatic carbocycles. The summed E-state index contributed by atoms with van der Waals surface area (Å²) in [5.41, 5.74) is 9.24. The van der Waals surface area contributed by atoms with E-state index in [0.717, 1.165) is 23.1 Å². The lowest BCUT2D eigenvalue weighted by atomic mass is 9.98. The van der Waals surface area contributed by atoms with Gasteiger partial charge in [-0.15, -0.1) is 0 Å². The fourth-order valence-electron chi connectivity index (χ4n) is 2.55. The van der Waals surface area contributed by atoms with E-state index in [1.165, 1.54) is 0 Å². The third kappa shape index (κ3) is 2.37. The first-order valence-corrected chi connectivity index (χ1v) is 6.94. The van der Waals surface area contributed by atoms with Gasteiger partial charge in [0, 0.05) is 29.4 Å². The Kier molecular flexibility index (Phi) is 3.36. The maximum absolute atomic E-state index is 12.5. The maximum Gasteiger partial charge on any atom is 0.254 e. The van der Waals surface area contributed by atoms with E-state index in [-0.39, 0.29) is 5.91 Å². The zero-order chi connectivity index (χ0) is 14.1. The molecule has 0 saturated heterocycles. The molecule has 0 fully saturated rings. The molecule has 3 nitrogen and oxygen atoms in total. The summed E-state index contributed by atoms with van der Waals surface area (Å²) in [5.74, 6) is 0.0605. The normalized spacial score (nSPS) is 14.2. The zero-order valence-electron chi connectivity index (χ0n) is 11.0. The van der Waals surface area contributed by atoms with Crippen molar-refractivity contribution in [3.8, 4) is 0 Å². The quantitative estimate of drug-likeness (QED) is 0.862. The minimum atomic E-state index is 0.0605. The Morgan fingerprint density at radius 2 is 2.00 bits per heavy atom. The fraction of sp³-hybridized carbons (Fsp3) is 0.188. The molecule has 0 unspecified atom stereocenters. The van der Waals surface area contributed by atoms with Gasteiger partial charge in [0.1, 0.15) is 0 Å². The lowest BCUT2D eigenvalue weighted by molar-refractivity contribution is 0.0727. The average Bonchev–Trinajstić information content (AvgIpc) is 2.46. The van der Waals surface area contributed by atoms with E-state index in [9.17, 15) is 4.79 Å². The van der Waals surface area contributed by atoms with Crippen molar-refractivity contribution in [2.75, 3.05) is 12.3 Å². The van der Waals surface area contributed by atoms with Crippen LogP contribution in [0.25, 0.3) is 0 Å². The van der Waals surface area contributed by atoms with Gasteiger partial charge in [0.05, 0.1) is 0 Å². The number of amides is 1. The van der Waals surface area contributed by atoms with Gasteiger partial charge >= 0.3 is 0 Å². The van der Waals surface area contributed by atoms with Gasteiger partial charge in [-0.3, -0.25) is 4.79 Å². The van der Waals surface area contributed by atoms with Crippen molar-refractivity contribution >= 4 is 23.2 Å². The minimum absolute atomic E-state index is 0.0605. The second-order valence-electron chi connectivity index (χ2n) is 4.98. The molecule has 0 atom stereocenters. The first-order chi connectivity index (χ1) is 9.65. The summed E-state index contributed by atoms with van der Waals surface area (Å²) in [6.45, 7) is 1.21. The Morgan fingerprint density at radius 1 is 1.20 bits per heavy atom. The summed E-state index contributed by atoms with van der Waals surface area (Å²) >= 11 is 6.17. The zero-order valence-corrected chi connectivity index (χ0v) is 11.7. The molecule has 0 spiro atoms. The van der Waals surface area contributed by atoms with E-state index in [1.54, 1.807) is 12.1 Å². The molecule has 1 aliphatic rings. The van der Waals surface area contributed by atoms with E-state index >= 15 is 0 Å². The number of nitrogens with two attached hydrogens (primary N) is 1. The Hall–Kier alpha value is -2.00. The predicted molar refractivity (Wildman–Crippen MR) is 80.8 cm³/mol. The lowest BCUT2D eigenvalue weighted by Gasteiger charge is -2.29. The first-order valence-electron chi connectivity index (χ1n) is 6.56. The van der Waals surface area contributed by atoms with E-state index in [4.69, 9.17) is 17.3 Å². The van der Waals surface area contributed by atoms with Crippen molar-refractivity contribution in [3.63, 3.8) is 0 Å². The number of benzene rings is 2. The number of halogens is 1. The molecule has 2 aromatic rings. The van der Waals surface area contributed by atoms with Gasteiger partial charge in [-0.2, -0.15) is 0 Å². The first kappa shape index (κ1) is 13.0. The fourth-order valence-corrected chi connectivity index (χ4v) is 2.72. The molecule has 0 aromatic heterocycles. The van der Waals surface area contributed by atoms with E-state index in [0.29, 0.717) is 23.8 Å². The van der Waals surface area contributed by atoms with Crippen molar-refractivity contribution in [2.24, 2.45) is 0 Å². The molecule has 0 bridgehead atoms. The topological polar surface area (TPSA) is 46.3 Å². The third-order valence-corrected chi connectivity index (χ3v) is 3.99. The summed E-state index contributed by atoms with van der Waals surface area (Å²) < 4.78 is 0. The van der Waals surface area contributed by atoms with Crippen molar-refractivity contribution in [3.05, 3.63) is 64.2 Å². The molecule has 0 saturated carbocycles. The minimum Gasteiger partial charge on any atom is -0.399 e. The summed E-state index contributed by atoms with van der Waals surface area (Å²) in [5, 5.41) is 0.644. The number of hydrogen-bond acceptors (Lipinski definition) is 2. The van der Waals surface area contributed by atoms with Gasteiger partial charge < -0.3 is 10.6 Å². The number of rotatable bonds is 2. The van der Waals surface area contributed by atoms with Crippen LogP contribution in [0.15, 0.2) is 42.5 Å². The Labute approximate surface area is 123 Å². The van der Waals surface area contributed by atoms with Crippen molar-refractivity contribution in [1.82, 2.24) is 4.90 Å². The largest absolute Gasteiger partial charge is 0.399 e. The third-order valence-electron chi connectivity index (χ3n) is 3.62. The SMILES string of the molecule is Nc1ccc(Cl)c(CN2CCc3ccccc3C2=O)c1. The maximum atomic E-state index is 12.5. The highest BCUT2D eigenvalue weighted by Crippen LogP contribution is 2.24. The van der Waals surface area contributed by atoms with E-state index in [1.807, 2.05) is 35.2 Å². The molecule has 20 heavy (non-hydrogen) atoms. The molecule has 102 valence electrons.